The summed E-state index contributed by atoms with van der Waals surface area (Å²) in [5.74, 6) is 0.531. The summed E-state index contributed by atoms with van der Waals surface area (Å²) in [5, 5.41) is 0. The summed E-state index contributed by atoms with van der Waals surface area (Å²) >= 11 is 0. The average Bonchev–Trinajstić information content (AvgIpc) is 2.79. The molecule has 1 heterocycles. The van der Waals surface area contributed by atoms with Crippen LogP contribution in [0.25, 0.3) is 0 Å². The number of terminal acetylenes is 1. The fourth-order valence-corrected chi connectivity index (χ4v) is 2.09. The molecule has 1 aromatic rings. The summed E-state index contributed by atoms with van der Waals surface area (Å²) in [4.78, 5) is 36.8. The van der Waals surface area contributed by atoms with Crippen LogP contribution in [-0.4, -0.2) is 41.9 Å². The second-order valence-corrected chi connectivity index (χ2v) is 4.67. The van der Waals surface area contributed by atoms with Crippen LogP contribution in [0.1, 0.15) is 20.7 Å². The predicted molar refractivity (Wildman–Crippen MR) is 78.7 cm³/mol. The molecule has 0 aromatic heterocycles. The Balaban J connectivity index is 2.16. The van der Waals surface area contributed by atoms with E-state index < -0.39 is 23.3 Å². The molecule has 0 saturated carbocycles. The van der Waals surface area contributed by atoms with Crippen LogP contribution >= 0.6 is 0 Å². The van der Waals surface area contributed by atoms with Crippen molar-refractivity contribution in [3.63, 3.8) is 0 Å². The Morgan fingerprint density at radius 3 is 2.36 bits per heavy atom. The number of carbonyl (C=O) groups excluding carboxylic acids is 3. The zero-order chi connectivity index (χ0) is 16.3. The van der Waals surface area contributed by atoms with Gasteiger partial charge in [-0.2, -0.15) is 0 Å². The third kappa shape index (κ3) is 2.50. The number of hydrogen-bond donors (Lipinski definition) is 1. The van der Waals surface area contributed by atoms with Crippen molar-refractivity contribution in [1.82, 2.24) is 4.90 Å². The fourth-order valence-electron chi connectivity index (χ4n) is 2.09. The molecule has 22 heavy (non-hydrogen) atoms. The number of benzene rings is 1. The molecule has 112 valence electrons. The summed E-state index contributed by atoms with van der Waals surface area (Å²) in [6.45, 7) is -0.0377. The minimum Gasteiger partial charge on any atom is -0.467 e. The standard InChI is InChI=1S/C16H14N2O4/c1-3-16(17,15(21)22-2)9-6-10-18-13(19)11-7-4-5-8-12(11)14(18)20/h1,4-9H,10,17H2,2H3. The number of ether oxygens (including phenoxy) is 1. The molecule has 0 spiro atoms. The van der Waals surface area contributed by atoms with E-state index in [4.69, 9.17) is 12.2 Å². The van der Waals surface area contributed by atoms with Crippen LogP contribution in [0.4, 0.5) is 0 Å². The maximum Gasteiger partial charge on any atom is 0.342 e. The largest absolute Gasteiger partial charge is 0.467 e. The topological polar surface area (TPSA) is 89.7 Å². The van der Waals surface area contributed by atoms with E-state index >= 15 is 0 Å². The molecule has 1 aromatic carbocycles. The zero-order valence-electron chi connectivity index (χ0n) is 11.9. The summed E-state index contributed by atoms with van der Waals surface area (Å²) in [5.41, 5.74) is 4.68. The number of esters is 1. The third-order valence-electron chi connectivity index (χ3n) is 3.31. The van der Waals surface area contributed by atoms with Crippen molar-refractivity contribution in [2.24, 2.45) is 5.73 Å². The molecular formula is C16H14N2O4. The number of imide groups is 1. The molecule has 1 unspecified atom stereocenters. The maximum atomic E-state index is 12.1. The second-order valence-electron chi connectivity index (χ2n) is 4.67. The Kier molecular flexibility index (Phi) is 4.11. The number of hydrogen-bond acceptors (Lipinski definition) is 5. The maximum absolute atomic E-state index is 12.1. The Morgan fingerprint density at radius 1 is 1.36 bits per heavy atom. The van der Waals surface area contributed by atoms with Crippen molar-refractivity contribution >= 4 is 17.8 Å². The zero-order valence-corrected chi connectivity index (χ0v) is 11.9. The van der Waals surface area contributed by atoms with Gasteiger partial charge in [-0.15, -0.1) is 6.42 Å². The SMILES string of the molecule is C#CC(N)(C=CCN1C(=O)c2ccccc2C1=O)C(=O)OC. The second kappa shape index (κ2) is 5.84. The molecule has 0 bridgehead atoms. The lowest BCUT2D eigenvalue weighted by molar-refractivity contribution is -0.143. The van der Waals surface area contributed by atoms with Crippen molar-refractivity contribution < 1.29 is 19.1 Å². The highest BCUT2D eigenvalue weighted by Crippen LogP contribution is 2.22. The van der Waals surface area contributed by atoms with Gasteiger partial charge in [0.1, 0.15) is 0 Å². The van der Waals surface area contributed by atoms with Gasteiger partial charge in [0.25, 0.3) is 11.8 Å². The van der Waals surface area contributed by atoms with Gasteiger partial charge < -0.3 is 10.5 Å². The molecular weight excluding hydrogens is 284 g/mol. The lowest BCUT2D eigenvalue weighted by Gasteiger charge is -2.16. The number of carbonyl (C=O) groups is 3. The Hall–Kier alpha value is -2.91. The first-order chi connectivity index (χ1) is 10.4. The number of fused-ring (bicyclic) bond motifs is 1. The Bertz CT molecular complexity index is 682. The van der Waals surface area contributed by atoms with Crippen LogP contribution in [-0.2, 0) is 9.53 Å². The van der Waals surface area contributed by atoms with Crippen molar-refractivity contribution in [2.75, 3.05) is 13.7 Å². The van der Waals surface area contributed by atoms with E-state index in [1.807, 2.05) is 0 Å². The van der Waals surface area contributed by atoms with Crippen molar-refractivity contribution in [3.05, 3.63) is 47.5 Å². The van der Waals surface area contributed by atoms with Gasteiger partial charge in [0.2, 0.25) is 0 Å². The summed E-state index contributed by atoms with van der Waals surface area (Å²) in [6.07, 6.45) is 7.87. The normalized spacial score (nSPS) is 16.3. The van der Waals surface area contributed by atoms with Crippen LogP contribution in [0.15, 0.2) is 36.4 Å². The molecule has 2 N–H and O–H groups in total. The number of methoxy groups -OCH3 is 1. The monoisotopic (exact) mass is 298 g/mol. The highest BCUT2D eigenvalue weighted by molar-refractivity contribution is 6.21. The summed E-state index contributed by atoms with van der Waals surface area (Å²) < 4.78 is 4.52. The van der Waals surface area contributed by atoms with Crippen LogP contribution in [0.2, 0.25) is 0 Å². The van der Waals surface area contributed by atoms with Crippen molar-refractivity contribution in [2.45, 2.75) is 5.54 Å². The predicted octanol–water partition coefficient (Wildman–Crippen LogP) is 0.342. The van der Waals surface area contributed by atoms with Gasteiger partial charge in [-0.25, -0.2) is 4.79 Å². The Labute approximate surface area is 127 Å². The van der Waals surface area contributed by atoms with Gasteiger partial charge in [0, 0.05) is 6.54 Å². The van der Waals surface area contributed by atoms with Crippen molar-refractivity contribution in [1.29, 1.82) is 0 Å². The number of nitrogens with zero attached hydrogens (tertiary/aromatic N) is 1. The molecule has 0 saturated heterocycles. The molecule has 0 aliphatic carbocycles. The quantitative estimate of drug-likeness (QED) is 0.375. The van der Waals surface area contributed by atoms with Crippen LogP contribution in [0.3, 0.4) is 0 Å². The fraction of sp³-hybridized carbons (Fsp3) is 0.188. The van der Waals surface area contributed by atoms with E-state index in [2.05, 4.69) is 10.7 Å². The third-order valence-corrected chi connectivity index (χ3v) is 3.31. The average molecular weight is 298 g/mol. The van der Waals surface area contributed by atoms with Gasteiger partial charge >= 0.3 is 5.97 Å². The van der Waals surface area contributed by atoms with Crippen LogP contribution in [0, 0.1) is 12.3 Å². The number of amides is 2. The van der Waals surface area contributed by atoms with E-state index in [9.17, 15) is 14.4 Å². The van der Waals surface area contributed by atoms with E-state index in [0.717, 1.165) is 4.90 Å². The summed E-state index contributed by atoms with van der Waals surface area (Å²) in [6, 6.07) is 6.54. The van der Waals surface area contributed by atoms with E-state index in [0.29, 0.717) is 11.1 Å². The minimum atomic E-state index is -1.73. The van der Waals surface area contributed by atoms with Gasteiger partial charge in [0.05, 0.1) is 18.2 Å². The molecule has 2 amide bonds. The molecule has 6 heteroatoms. The number of nitrogens with two attached hydrogens (primary N) is 1. The summed E-state index contributed by atoms with van der Waals surface area (Å²) in [7, 11) is 1.17. The highest BCUT2D eigenvalue weighted by atomic mass is 16.5. The van der Waals surface area contributed by atoms with Gasteiger partial charge in [-0.1, -0.05) is 24.1 Å². The lowest BCUT2D eigenvalue weighted by Crippen LogP contribution is -2.45. The highest BCUT2D eigenvalue weighted by Gasteiger charge is 2.35. The van der Waals surface area contributed by atoms with E-state index in [1.54, 1.807) is 24.3 Å². The molecule has 1 aliphatic rings. The first-order valence-electron chi connectivity index (χ1n) is 6.42. The van der Waals surface area contributed by atoms with Gasteiger partial charge in [-0.3, -0.25) is 14.5 Å². The molecule has 0 fully saturated rings. The van der Waals surface area contributed by atoms with Gasteiger partial charge in [-0.05, 0) is 18.2 Å². The lowest BCUT2D eigenvalue weighted by atomic mass is 10.0. The first kappa shape index (κ1) is 15.5. The molecule has 0 radical (unpaired) electrons. The van der Waals surface area contributed by atoms with Crippen LogP contribution < -0.4 is 5.73 Å². The number of rotatable bonds is 4. The Morgan fingerprint density at radius 2 is 1.91 bits per heavy atom. The van der Waals surface area contributed by atoms with E-state index in [-0.39, 0.29) is 6.54 Å². The molecule has 2 rings (SSSR count). The van der Waals surface area contributed by atoms with Gasteiger partial charge in [0.15, 0.2) is 5.54 Å². The minimum absolute atomic E-state index is 0.0377. The van der Waals surface area contributed by atoms with E-state index in [1.165, 1.54) is 19.3 Å². The van der Waals surface area contributed by atoms with Crippen molar-refractivity contribution in [3.8, 4) is 12.3 Å². The first-order valence-corrected chi connectivity index (χ1v) is 6.42. The molecule has 1 atom stereocenters. The van der Waals surface area contributed by atoms with Crippen LogP contribution in [0.5, 0.6) is 0 Å². The molecule has 1 aliphatic heterocycles. The molecule has 6 nitrogen and oxygen atoms in total. The smallest absolute Gasteiger partial charge is 0.342 e.